The molecule has 1 aliphatic heterocycles. The summed E-state index contributed by atoms with van der Waals surface area (Å²) in [6, 6.07) is 0. The smallest absolute Gasteiger partial charge is 0.356 e. The molecule has 5 nitrogen and oxygen atoms in total. The number of hydrogen-bond donors (Lipinski definition) is 2. The van der Waals surface area contributed by atoms with Gasteiger partial charge in [0.1, 0.15) is 0 Å². The maximum atomic E-state index is 10.7. The zero-order valence-corrected chi connectivity index (χ0v) is 7.20. The molecule has 2 rings (SSSR count). The van der Waals surface area contributed by atoms with Gasteiger partial charge in [0.2, 0.25) is 0 Å². The molecule has 1 aromatic heterocycles. The third-order valence-corrected chi connectivity index (χ3v) is 2.16. The third-order valence-electron chi connectivity index (χ3n) is 2.16. The van der Waals surface area contributed by atoms with Gasteiger partial charge in [-0.25, -0.2) is 4.79 Å². The lowest BCUT2D eigenvalue weighted by molar-refractivity contribution is 0.0386. The third kappa shape index (κ3) is 1.31. The molecule has 0 radical (unpaired) electrons. The monoisotopic (exact) mass is 182 g/mol. The van der Waals surface area contributed by atoms with Gasteiger partial charge in [0.05, 0.1) is 18.4 Å². The van der Waals surface area contributed by atoms with Gasteiger partial charge >= 0.3 is 5.97 Å². The van der Waals surface area contributed by atoms with Crippen LogP contribution in [0.1, 0.15) is 28.7 Å². The van der Waals surface area contributed by atoms with E-state index >= 15 is 0 Å². The van der Waals surface area contributed by atoms with Gasteiger partial charge in [0.15, 0.2) is 5.69 Å². The Morgan fingerprint density at radius 3 is 3.23 bits per heavy atom. The van der Waals surface area contributed by atoms with E-state index in [-0.39, 0.29) is 11.8 Å². The Balaban J connectivity index is 2.41. The van der Waals surface area contributed by atoms with E-state index in [1.165, 1.54) is 0 Å². The Morgan fingerprint density at radius 1 is 1.77 bits per heavy atom. The van der Waals surface area contributed by atoms with Crippen LogP contribution in [0.4, 0.5) is 0 Å². The molecule has 0 spiro atoms. The Hall–Kier alpha value is -1.36. The second kappa shape index (κ2) is 2.85. The van der Waals surface area contributed by atoms with Crippen LogP contribution in [0.15, 0.2) is 0 Å². The second-order valence-electron chi connectivity index (χ2n) is 3.16. The molecule has 0 amide bonds. The van der Waals surface area contributed by atoms with Gasteiger partial charge in [-0.3, -0.25) is 5.10 Å². The van der Waals surface area contributed by atoms with E-state index in [1.807, 2.05) is 6.92 Å². The summed E-state index contributed by atoms with van der Waals surface area (Å²) in [6.07, 6.45) is 0.691. The maximum absolute atomic E-state index is 10.7. The summed E-state index contributed by atoms with van der Waals surface area (Å²) in [5.41, 5.74) is 1.70. The van der Waals surface area contributed by atoms with Crippen molar-refractivity contribution in [1.82, 2.24) is 10.2 Å². The quantitative estimate of drug-likeness (QED) is 0.665. The largest absolute Gasteiger partial charge is 0.476 e. The van der Waals surface area contributed by atoms with Crippen molar-refractivity contribution in [2.45, 2.75) is 26.1 Å². The molecule has 0 saturated heterocycles. The lowest BCUT2D eigenvalue weighted by atomic mass is 10.0. The molecular formula is C8H10N2O3. The van der Waals surface area contributed by atoms with Gasteiger partial charge < -0.3 is 9.84 Å². The number of nitrogens with zero attached hydrogens (tertiary/aromatic N) is 1. The van der Waals surface area contributed by atoms with E-state index in [0.717, 1.165) is 11.3 Å². The molecule has 70 valence electrons. The van der Waals surface area contributed by atoms with Crippen LogP contribution in [-0.4, -0.2) is 27.4 Å². The molecule has 0 aliphatic carbocycles. The Kier molecular flexibility index (Phi) is 1.81. The number of rotatable bonds is 1. The number of H-pyrrole nitrogens is 1. The molecule has 2 N–H and O–H groups in total. The van der Waals surface area contributed by atoms with E-state index in [9.17, 15) is 4.79 Å². The zero-order chi connectivity index (χ0) is 9.42. The summed E-state index contributed by atoms with van der Waals surface area (Å²) >= 11 is 0. The van der Waals surface area contributed by atoms with Crippen LogP contribution in [0.2, 0.25) is 0 Å². The van der Waals surface area contributed by atoms with E-state index in [4.69, 9.17) is 9.84 Å². The van der Waals surface area contributed by atoms with Crippen molar-refractivity contribution in [3.63, 3.8) is 0 Å². The maximum Gasteiger partial charge on any atom is 0.356 e. The fraction of sp³-hybridized carbons (Fsp3) is 0.500. The van der Waals surface area contributed by atoms with Crippen molar-refractivity contribution in [3.8, 4) is 0 Å². The number of carbonyl (C=O) groups is 1. The fourth-order valence-corrected chi connectivity index (χ4v) is 1.49. The molecule has 0 bridgehead atoms. The molecule has 1 aliphatic rings. The van der Waals surface area contributed by atoms with Gasteiger partial charge in [0.25, 0.3) is 0 Å². The molecule has 0 saturated carbocycles. The molecular weight excluding hydrogens is 172 g/mol. The standard InChI is InChI=1S/C8H10N2O3/c1-4-2-5-6(3-13-4)9-10-7(5)8(11)12/h4H,2-3H2,1H3,(H,9,10)(H,11,12). The number of carboxylic acids is 1. The average Bonchev–Trinajstić information content (AvgIpc) is 2.46. The van der Waals surface area contributed by atoms with Crippen LogP contribution in [0.25, 0.3) is 0 Å². The van der Waals surface area contributed by atoms with E-state index in [1.54, 1.807) is 0 Å². The second-order valence-corrected chi connectivity index (χ2v) is 3.16. The molecule has 1 unspecified atom stereocenters. The van der Waals surface area contributed by atoms with E-state index in [2.05, 4.69) is 10.2 Å². The summed E-state index contributed by atoms with van der Waals surface area (Å²) in [7, 11) is 0. The van der Waals surface area contributed by atoms with E-state index in [0.29, 0.717) is 13.0 Å². The molecule has 2 heterocycles. The topological polar surface area (TPSA) is 75.2 Å². The predicted molar refractivity (Wildman–Crippen MR) is 43.5 cm³/mol. The highest BCUT2D eigenvalue weighted by atomic mass is 16.5. The van der Waals surface area contributed by atoms with Gasteiger partial charge in [-0.05, 0) is 6.92 Å². The Morgan fingerprint density at radius 2 is 2.54 bits per heavy atom. The number of hydrogen-bond acceptors (Lipinski definition) is 3. The highest BCUT2D eigenvalue weighted by molar-refractivity contribution is 5.87. The highest BCUT2D eigenvalue weighted by Crippen LogP contribution is 2.21. The number of nitrogens with one attached hydrogen (secondary N) is 1. The number of ether oxygens (including phenoxy) is 1. The number of aromatic amines is 1. The SMILES string of the molecule is CC1Cc2c(C(=O)O)n[nH]c2CO1. The van der Waals surface area contributed by atoms with Crippen molar-refractivity contribution in [2.75, 3.05) is 0 Å². The van der Waals surface area contributed by atoms with Crippen LogP contribution >= 0.6 is 0 Å². The summed E-state index contributed by atoms with van der Waals surface area (Å²) in [5.74, 6) is -0.980. The molecule has 0 aromatic carbocycles. The first-order valence-corrected chi connectivity index (χ1v) is 4.09. The highest BCUT2D eigenvalue weighted by Gasteiger charge is 2.24. The predicted octanol–water partition coefficient (Wildman–Crippen LogP) is 0.569. The number of fused-ring (bicyclic) bond motifs is 1. The zero-order valence-electron chi connectivity index (χ0n) is 7.20. The molecule has 13 heavy (non-hydrogen) atoms. The minimum absolute atomic E-state index is 0.0724. The molecule has 5 heteroatoms. The lowest BCUT2D eigenvalue weighted by Crippen LogP contribution is -2.19. The summed E-state index contributed by atoms with van der Waals surface area (Å²) in [6.45, 7) is 2.35. The minimum Gasteiger partial charge on any atom is -0.476 e. The van der Waals surface area contributed by atoms with Gasteiger partial charge in [-0.15, -0.1) is 0 Å². The van der Waals surface area contributed by atoms with Gasteiger partial charge in [0, 0.05) is 12.0 Å². The van der Waals surface area contributed by atoms with Crippen molar-refractivity contribution < 1.29 is 14.6 Å². The fourth-order valence-electron chi connectivity index (χ4n) is 1.49. The Labute approximate surface area is 74.7 Å². The van der Waals surface area contributed by atoms with Crippen molar-refractivity contribution in [1.29, 1.82) is 0 Å². The molecule has 1 aromatic rings. The molecule has 1 atom stereocenters. The molecule has 0 fully saturated rings. The number of aromatic nitrogens is 2. The summed E-state index contributed by atoms with van der Waals surface area (Å²) < 4.78 is 5.33. The average molecular weight is 182 g/mol. The Bertz CT molecular complexity index is 345. The normalized spacial score (nSPS) is 21.2. The lowest BCUT2D eigenvalue weighted by Gasteiger charge is -2.18. The van der Waals surface area contributed by atoms with Crippen LogP contribution < -0.4 is 0 Å². The number of carboxylic acid groups (broad SMARTS) is 1. The first-order chi connectivity index (χ1) is 6.18. The van der Waals surface area contributed by atoms with Gasteiger partial charge in [-0.1, -0.05) is 0 Å². The van der Waals surface area contributed by atoms with Gasteiger partial charge in [-0.2, -0.15) is 5.10 Å². The van der Waals surface area contributed by atoms with Crippen molar-refractivity contribution in [3.05, 3.63) is 17.0 Å². The van der Waals surface area contributed by atoms with Crippen molar-refractivity contribution >= 4 is 5.97 Å². The first-order valence-electron chi connectivity index (χ1n) is 4.09. The van der Waals surface area contributed by atoms with Crippen LogP contribution in [0.5, 0.6) is 0 Å². The first kappa shape index (κ1) is 8.25. The number of aromatic carboxylic acids is 1. The summed E-state index contributed by atoms with van der Waals surface area (Å²) in [4.78, 5) is 10.7. The minimum atomic E-state index is -0.980. The van der Waals surface area contributed by atoms with E-state index < -0.39 is 5.97 Å². The van der Waals surface area contributed by atoms with Crippen molar-refractivity contribution in [2.24, 2.45) is 0 Å². The van der Waals surface area contributed by atoms with Crippen LogP contribution in [0, 0.1) is 0 Å². The van der Waals surface area contributed by atoms with Crippen LogP contribution in [-0.2, 0) is 17.8 Å². The summed E-state index contributed by atoms with van der Waals surface area (Å²) in [5, 5.41) is 15.2. The van der Waals surface area contributed by atoms with Crippen LogP contribution in [0.3, 0.4) is 0 Å².